The first-order valence-electron chi connectivity index (χ1n) is 6.74. The Hall–Kier alpha value is -2.36. The number of carbonyl (C=O) groups is 1. The molecule has 0 saturated carbocycles. The SMILES string of the molecule is COc1ccccc1OCC(=O)N1N=C(C(F)F)CC1(O)C(F)F. The van der Waals surface area contributed by atoms with Gasteiger partial charge in [-0.15, -0.1) is 0 Å². The topological polar surface area (TPSA) is 71.4 Å². The summed E-state index contributed by atoms with van der Waals surface area (Å²) in [6.45, 7) is -0.796. The molecule has 1 aliphatic rings. The summed E-state index contributed by atoms with van der Waals surface area (Å²) in [5, 5.41) is 12.9. The number of alkyl halides is 4. The molecular formula is C14H14F4N2O4. The molecule has 0 aromatic heterocycles. The molecule has 1 aliphatic heterocycles. The first-order valence-corrected chi connectivity index (χ1v) is 6.74. The molecule has 1 amide bonds. The minimum atomic E-state index is -3.48. The molecule has 24 heavy (non-hydrogen) atoms. The number of para-hydroxylation sites is 2. The van der Waals surface area contributed by atoms with Gasteiger partial charge in [-0.1, -0.05) is 12.1 Å². The molecule has 0 saturated heterocycles. The fourth-order valence-corrected chi connectivity index (χ4v) is 2.09. The third-order valence-corrected chi connectivity index (χ3v) is 3.29. The second kappa shape index (κ2) is 7.04. The molecule has 0 radical (unpaired) electrons. The maximum atomic E-state index is 13.0. The Morgan fingerprint density at radius 1 is 1.33 bits per heavy atom. The van der Waals surface area contributed by atoms with Gasteiger partial charge in [0, 0.05) is 6.42 Å². The van der Waals surface area contributed by atoms with Crippen molar-refractivity contribution in [1.82, 2.24) is 5.01 Å². The molecule has 0 fully saturated rings. The third kappa shape index (κ3) is 3.42. The van der Waals surface area contributed by atoms with Gasteiger partial charge in [0.2, 0.25) is 5.72 Å². The first kappa shape index (κ1) is 18.0. The molecule has 0 bridgehead atoms. The summed E-state index contributed by atoms with van der Waals surface area (Å²) in [4.78, 5) is 12.0. The number of methoxy groups -OCH3 is 1. The van der Waals surface area contributed by atoms with Crippen molar-refractivity contribution in [2.24, 2.45) is 5.10 Å². The molecule has 2 rings (SSSR count). The Morgan fingerprint density at radius 3 is 2.50 bits per heavy atom. The van der Waals surface area contributed by atoms with E-state index in [-0.39, 0.29) is 16.5 Å². The monoisotopic (exact) mass is 350 g/mol. The van der Waals surface area contributed by atoms with Crippen molar-refractivity contribution in [3.63, 3.8) is 0 Å². The van der Waals surface area contributed by atoms with Gasteiger partial charge in [0.05, 0.1) is 7.11 Å². The van der Waals surface area contributed by atoms with Gasteiger partial charge in [0.25, 0.3) is 18.8 Å². The van der Waals surface area contributed by atoms with Crippen LogP contribution < -0.4 is 9.47 Å². The van der Waals surface area contributed by atoms with Gasteiger partial charge < -0.3 is 14.6 Å². The van der Waals surface area contributed by atoms with Crippen LogP contribution in [-0.2, 0) is 4.79 Å². The van der Waals surface area contributed by atoms with E-state index < -0.39 is 43.2 Å². The molecule has 1 aromatic carbocycles. The third-order valence-electron chi connectivity index (χ3n) is 3.29. The lowest BCUT2D eigenvalue weighted by molar-refractivity contribution is -0.193. The van der Waals surface area contributed by atoms with Gasteiger partial charge in [0.1, 0.15) is 5.71 Å². The molecule has 0 aliphatic carbocycles. The van der Waals surface area contributed by atoms with E-state index in [9.17, 15) is 27.5 Å². The highest BCUT2D eigenvalue weighted by atomic mass is 19.3. The van der Waals surface area contributed by atoms with Crippen LogP contribution in [0.1, 0.15) is 6.42 Å². The summed E-state index contributed by atoms with van der Waals surface area (Å²) < 4.78 is 61.5. The number of carbonyl (C=O) groups excluding carboxylic acids is 1. The number of aliphatic hydroxyl groups is 1. The molecule has 1 heterocycles. The lowest BCUT2D eigenvalue weighted by Crippen LogP contribution is -2.52. The molecule has 1 unspecified atom stereocenters. The maximum Gasteiger partial charge on any atom is 0.287 e. The van der Waals surface area contributed by atoms with Gasteiger partial charge in [-0.3, -0.25) is 4.79 Å². The van der Waals surface area contributed by atoms with Gasteiger partial charge in [-0.05, 0) is 12.1 Å². The van der Waals surface area contributed by atoms with Gasteiger partial charge in [0.15, 0.2) is 18.1 Å². The van der Waals surface area contributed by atoms with E-state index >= 15 is 0 Å². The first-order chi connectivity index (χ1) is 11.3. The summed E-state index contributed by atoms with van der Waals surface area (Å²) in [5.41, 5.74) is -4.11. The van der Waals surface area contributed by atoms with Crippen LogP contribution in [0, 0.1) is 0 Å². The van der Waals surface area contributed by atoms with Crippen LogP contribution in [0.25, 0.3) is 0 Å². The number of hydrogen-bond donors (Lipinski definition) is 1. The Morgan fingerprint density at radius 2 is 1.96 bits per heavy atom. The van der Waals surface area contributed by atoms with E-state index in [1.165, 1.54) is 19.2 Å². The summed E-state index contributed by atoms with van der Waals surface area (Å²) >= 11 is 0. The Labute approximate surface area is 134 Å². The zero-order valence-electron chi connectivity index (χ0n) is 12.5. The summed E-state index contributed by atoms with van der Waals surface area (Å²) in [7, 11) is 1.36. The van der Waals surface area contributed by atoms with Crippen LogP contribution in [0.3, 0.4) is 0 Å². The van der Waals surface area contributed by atoms with Crippen molar-refractivity contribution < 1.29 is 36.9 Å². The highest BCUT2D eigenvalue weighted by Crippen LogP contribution is 2.33. The standard InChI is InChI=1S/C14H14F4N2O4/c1-23-9-4-2-3-5-10(9)24-7-11(21)20-14(22,13(17)18)6-8(19-20)12(15)16/h2-5,12-13,22H,6-7H2,1H3. The van der Waals surface area contributed by atoms with Gasteiger partial charge in [-0.2, -0.15) is 10.1 Å². The number of rotatable bonds is 6. The second-order valence-corrected chi connectivity index (χ2v) is 4.89. The molecule has 10 heteroatoms. The lowest BCUT2D eigenvalue weighted by atomic mass is 10.1. The van der Waals surface area contributed by atoms with E-state index in [0.29, 0.717) is 0 Å². The normalized spacial score (nSPS) is 20.5. The van der Waals surface area contributed by atoms with E-state index in [0.717, 1.165) is 0 Å². The minimum absolute atomic E-state index is 0.0470. The summed E-state index contributed by atoms with van der Waals surface area (Å²) in [6, 6.07) is 6.23. The highest BCUT2D eigenvalue weighted by molar-refractivity contribution is 5.93. The van der Waals surface area contributed by atoms with E-state index in [4.69, 9.17) is 9.47 Å². The number of ether oxygens (including phenoxy) is 2. The molecular weight excluding hydrogens is 336 g/mol. The number of hydrazone groups is 1. The van der Waals surface area contributed by atoms with Crippen molar-refractivity contribution in [2.45, 2.75) is 25.0 Å². The quantitative estimate of drug-likeness (QED) is 0.796. The van der Waals surface area contributed by atoms with Gasteiger partial charge >= 0.3 is 0 Å². The number of amides is 1. The zero-order chi connectivity index (χ0) is 17.9. The fraction of sp³-hybridized carbons (Fsp3) is 0.429. The molecule has 132 valence electrons. The zero-order valence-corrected chi connectivity index (χ0v) is 12.5. The average Bonchev–Trinajstić information content (AvgIpc) is 2.92. The maximum absolute atomic E-state index is 13.0. The number of hydrogen-bond acceptors (Lipinski definition) is 5. The van der Waals surface area contributed by atoms with Crippen LogP contribution in [0.4, 0.5) is 17.6 Å². The van der Waals surface area contributed by atoms with Crippen LogP contribution in [0.2, 0.25) is 0 Å². The Bertz CT molecular complexity index is 641. The molecule has 1 aromatic rings. The largest absolute Gasteiger partial charge is 0.493 e. The molecule has 1 N–H and O–H groups in total. The second-order valence-electron chi connectivity index (χ2n) is 4.89. The smallest absolute Gasteiger partial charge is 0.287 e. The molecule has 6 nitrogen and oxygen atoms in total. The number of halogens is 4. The summed E-state index contributed by atoms with van der Waals surface area (Å²) in [5.74, 6) is -0.766. The predicted octanol–water partition coefficient (Wildman–Crippen LogP) is 1.88. The predicted molar refractivity (Wildman–Crippen MR) is 74.3 cm³/mol. The van der Waals surface area contributed by atoms with Crippen molar-refractivity contribution in [3.8, 4) is 11.5 Å². The molecule has 0 spiro atoms. The highest BCUT2D eigenvalue weighted by Gasteiger charge is 2.53. The Kier molecular flexibility index (Phi) is 5.27. The average molecular weight is 350 g/mol. The van der Waals surface area contributed by atoms with Crippen molar-refractivity contribution in [1.29, 1.82) is 0 Å². The van der Waals surface area contributed by atoms with Gasteiger partial charge in [-0.25, -0.2) is 17.6 Å². The lowest BCUT2D eigenvalue weighted by Gasteiger charge is -2.29. The van der Waals surface area contributed by atoms with Crippen molar-refractivity contribution in [2.75, 3.05) is 13.7 Å². The van der Waals surface area contributed by atoms with Crippen LogP contribution in [0.15, 0.2) is 29.4 Å². The Balaban J connectivity index is 2.14. The number of nitrogens with zero attached hydrogens (tertiary/aromatic N) is 2. The van der Waals surface area contributed by atoms with Crippen molar-refractivity contribution >= 4 is 11.6 Å². The van der Waals surface area contributed by atoms with Crippen LogP contribution in [-0.4, -0.2) is 54.0 Å². The number of benzene rings is 1. The van der Waals surface area contributed by atoms with E-state index in [1.54, 1.807) is 12.1 Å². The summed E-state index contributed by atoms with van der Waals surface area (Å²) in [6.07, 6.45) is -7.78. The minimum Gasteiger partial charge on any atom is -0.493 e. The van der Waals surface area contributed by atoms with Crippen LogP contribution in [0.5, 0.6) is 11.5 Å². The fourth-order valence-electron chi connectivity index (χ4n) is 2.09. The van der Waals surface area contributed by atoms with Crippen LogP contribution >= 0.6 is 0 Å². The molecule has 1 atom stereocenters. The van der Waals surface area contributed by atoms with E-state index in [2.05, 4.69) is 5.10 Å². The van der Waals surface area contributed by atoms with Crippen molar-refractivity contribution in [3.05, 3.63) is 24.3 Å². The van der Waals surface area contributed by atoms with E-state index in [1.807, 2.05) is 0 Å².